The van der Waals surface area contributed by atoms with Gasteiger partial charge in [-0.1, -0.05) is 59.6 Å². The van der Waals surface area contributed by atoms with Crippen LogP contribution in [0.3, 0.4) is 0 Å². The third-order valence-electron chi connectivity index (χ3n) is 4.39. The van der Waals surface area contributed by atoms with Crippen molar-refractivity contribution in [2.45, 2.75) is 6.42 Å². The molecule has 0 spiro atoms. The zero-order chi connectivity index (χ0) is 14.4. The molecule has 0 aromatic heterocycles. The Morgan fingerprint density at radius 2 is 1.19 bits per heavy atom. The highest BCUT2D eigenvalue weighted by Gasteiger charge is 2.36. The molecule has 0 N–H and O–H groups in total. The van der Waals surface area contributed by atoms with Gasteiger partial charge in [0.1, 0.15) is 0 Å². The molecule has 2 aromatic carbocycles. The molecule has 2 aromatic rings. The Balaban J connectivity index is 1.92. The molecule has 4 rings (SSSR count). The number of rotatable bonds is 2. The number of halogens is 2. The molecule has 0 amide bonds. The molecule has 0 aliphatic heterocycles. The van der Waals surface area contributed by atoms with E-state index in [9.17, 15) is 0 Å². The lowest BCUT2D eigenvalue weighted by molar-refractivity contribution is 0.746. The molecule has 2 aliphatic carbocycles. The molecular weight excluding hydrogens is 299 g/mol. The SMILES string of the molecule is Clc1cccc(C2=C(c3cccc(Cl)c3)C3C=CC2C3)c1. The lowest BCUT2D eigenvalue weighted by Crippen LogP contribution is -1.98. The van der Waals surface area contributed by atoms with Crippen LogP contribution in [-0.4, -0.2) is 0 Å². The van der Waals surface area contributed by atoms with Crippen molar-refractivity contribution >= 4 is 34.3 Å². The van der Waals surface area contributed by atoms with Crippen molar-refractivity contribution in [1.82, 2.24) is 0 Å². The average molecular weight is 313 g/mol. The second-order valence-corrected chi connectivity index (χ2v) is 6.55. The van der Waals surface area contributed by atoms with Gasteiger partial charge < -0.3 is 0 Å². The Labute approximate surface area is 134 Å². The van der Waals surface area contributed by atoms with Crippen LogP contribution in [-0.2, 0) is 0 Å². The Morgan fingerprint density at radius 1 is 0.714 bits per heavy atom. The molecule has 2 bridgehead atoms. The largest absolute Gasteiger partial charge is 0.0843 e. The summed E-state index contributed by atoms with van der Waals surface area (Å²) < 4.78 is 0. The van der Waals surface area contributed by atoms with Gasteiger partial charge in [0.25, 0.3) is 0 Å². The molecule has 0 fully saturated rings. The molecule has 0 saturated carbocycles. The molecular formula is C19H14Cl2. The first kappa shape index (κ1) is 13.2. The summed E-state index contributed by atoms with van der Waals surface area (Å²) in [6.07, 6.45) is 5.83. The monoisotopic (exact) mass is 312 g/mol. The van der Waals surface area contributed by atoms with Gasteiger partial charge in [0, 0.05) is 21.9 Å². The van der Waals surface area contributed by atoms with Crippen molar-refractivity contribution in [1.29, 1.82) is 0 Å². The molecule has 2 aliphatic rings. The maximum absolute atomic E-state index is 6.18. The Kier molecular flexibility index (Phi) is 3.17. The fourth-order valence-electron chi connectivity index (χ4n) is 3.58. The number of hydrogen-bond donors (Lipinski definition) is 0. The van der Waals surface area contributed by atoms with Crippen LogP contribution in [0, 0.1) is 11.8 Å². The maximum Gasteiger partial charge on any atom is 0.0412 e. The van der Waals surface area contributed by atoms with Crippen LogP contribution in [0.2, 0.25) is 10.0 Å². The molecule has 0 radical (unpaired) electrons. The Hall–Kier alpha value is -1.50. The lowest BCUT2D eigenvalue weighted by atomic mass is 9.87. The summed E-state index contributed by atoms with van der Waals surface area (Å²) >= 11 is 12.4. The van der Waals surface area contributed by atoms with Crippen molar-refractivity contribution in [3.8, 4) is 0 Å². The lowest BCUT2D eigenvalue weighted by Gasteiger charge is -2.17. The third-order valence-corrected chi connectivity index (χ3v) is 4.86. The molecule has 2 heteroatoms. The maximum atomic E-state index is 6.18. The topological polar surface area (TPSA) is 0 Å². The molecule has 0 saturated heterocycles. The zero-order valence-corrected chi connectivity index (χ0v) is 12.9. The summed E-state index contributed by atoms with van der Waals surface area (Å²) in [4.78, 5) is 0. The summed E-state index contributed by atoms with van der Waals surface area (Å²) in [5.74, 6) is 1.00. The highest BCUT2D eigenvalue weighted by molar-refractivity contribution is 6.31. The number of fused-ring (bicyclic) bond motifs is 2. The van der Waals surface area contributed by atoms with E-state index in [0.29, 0.717) is 11.8 Å². The second-order valence-electron chi connectivity index (χ2n) is 5.68. The Bertz CT molecular complexity index is 707. The smallest absolute Gasteiger partial charge is 0.0412 e. The van der Waals surface area contributed by atoms with E-state index >= 15 is 0 Å². The highest BCUT2D eigenvalue weighted by atomic mass is 35.5. The van der Waals surface area contributed by atoms with Crippen molar-refractivity contribution < 1.29 is 0 Å². The van der Waals surface area contributed by atoms with E-state index in [0.717, 1.165) is 10.0 Å². The predicted molar refractivity (Wildman–Crippen MR) is 90.5 cm³/mol. The summed E-state index contributed by atoms with van der Waals surface area (Å²) in [6.45, 7) is 0. The molecule has 2 atom stereocenters. The van der Waals surface area contributed by atoms with Crippen LogP contribution in [0.4, 0.5) is 0 Å². The van der Waals surface area contributed by atoms with Gasteiger partial charge in [-0.15, -0.1) is 0 Å². The zero-order valence-electron chi connectivity index (χ0n) is 11.4. The minimum Gasteiger partial charge on any atom is -0.0843 e. The van der Waals surface area contributed by atoms with Crippen LogP contribution in [0.15, 0.2) is 60.7 Å². The van der Waals surface area contributed by atoms with Gasteiger partial charge >= 0.3 is 0 Å². The highest BCUT2D eigenvalue weighted by Crippen LogP contribution is 2.52. The molecule has 0 nitrogen and oxygen atoms in total. The molecule has 0 heterocycles. The molecule has 2 unspecified atom stereocenters. The van der Waals surface area contributed by atoms with Crippen LogP contribution in [0.1, 0.15) is 17.5 Å². The van der Waals surface area contributed by atoms with Gasteiger partial charge in [-0.2, -0.15) is 0 Å². The number of allylic oxidation sites excluding steroid dienone is 4. The van der Waals surface area contributed by atoms with E-state index < -0.39 is 0 Å². The summed E-state index contributed by atoms with van der Waals surface area (Å²) in [5.41, 5.74) is 5.28. The summed E-state index contributed by atoms with van der Waals surface area (Å²) in [7, 11) is 0. The van der Waals surface area contributed by atoms with Crippen LogP contribution < -0.4 is 0 Å². The second kappa shape index (κ2) is 5.05. The molecule has 21 heavy (non-hydrogen) atoms. The van der Waals surface area contributed by atoms with Gasteiger partial charge in [-0.25, -0.2) is 0 Å². The van der Waals surface area contributed by atoms with E-state index in [1.165, 1.54) is 28.7 Å². The van der Waals surface area contributed by atoms with Crippen molar-refractivity contribution in [2.24, 2.45) is 11.8 Å². The minimum atomic E-state index is 0.502. The van der Waals surface area contributed by atoms with Crippen LogP contribution >= 0.6 is 23.2 Å². The van der Waals surface area contributed by atoms with Gasteiger partial charge in [0.2, 0.25) is 0 Å². The number of benzene rings is 2. The van der Waals surface area contributed by atoms with E-state index in [4.69, 9.17) is 23.2 Å². The first-order valence-corrected chi connectivity index (χ1v) is 7.92. The van der Waals surface area contributed by atoms with Crippen LogP contribution in [0.25, 0.3) is 11.1 Å². The average Bonchev–Trinajstić information content (AvgIpc) is 3.08. The third kappa shape index (κ3) is 2.23. The van der Waals surface area contributed by atoms with E-state index in [-0.39, 0.29) is 0 Å². The van der Waals surface area contributed by atoms with Gasteiger partial charge in [0.05, 0.1) is 0 Å². The van der Waals surface area contributed by atoms with Gasteiger partial charge in [-0.3, -0.25) is 0 Å². The quantitative estimate of drug-likeness (QED) is 0.587. The van der Waals surface area contributed by atoms with E-state index in [1.54, 1.807) is 0 Å². The fraction of sp³-hybridized carbons (Fsp3) is 0.158. The minimum absolute atomic E-state index is 0.502. The summed E-state index contributed by atoms with van der Waals surface area (Å²) in [5, 5.41) is 1.58. The fourth-order valence-corrected chi connectivity index (χ4v) is 3.96. The first-order valence-electron chi connectivity index (χ1n) is 7.16. The van der Waals surface area contributed by atoms with E-state index in [2.05, 4.69) is 36.4 Å². The number of hydrogen-bond acceptors (Lipinski definition) is 0. The van der Waals surface area contributed by atoms with Crippen molar-refractivity contribution in [3.63, 3.8) is 0 Å². The standard InChI is InChI=1S/C19H14Cl2/c20-16-5-1-3-12(10-16)18-14-7-8-15(9-14)19(18)13-4-2-6-17(21)11-13/h1-8,10-11,14-15H,9H2. The first-order chi connectivity index (χ1) is 10.2. The van der Waals surface area contributed by atoms with Crippen LogP contribution in [0.5, 0.6) is 0 Å². The Morgan fingerprint density at radius 3 is 1.62 bits per heavy atom. The van der Waals surface area contributed by atoms with Gasteiger partial charge in [0.15, 0.2) is 0 Å². The van der Waals surface area contributed by atoms with Crippen molar-refractivity contribution in [3.05, 3.63) is 81.9 Å². The van der Waals surface area contributed by atoms with Crippen molar-refractivity contribution in [2.75, 3.05) is 0 Å². The predicted octanol–water partition coefficient (Wildman–Crippen LogP) is 6.11. The molecule has 104 valence electrons. The summed E-state index contributed by atoms with van der Waals surface area (Å²) in [6, 6.07) is 16.3. The normalized spacial score (nSPS) is 23.1. The van der Waals surface area contributed by atoms with Gasteiger partial charge in [-0.05, 0) is 53.0 Å². The van der Waals surface area contributed by atoms with E-state index in [1.807, 2.05) is 24.3 Å².